The quantitative estimate of drug-likeness (QED) is 0.293. The fraction of sp³-hybridized carbons (Fsp3) is 0.750. The fourth-order valence-electron chi connectivity index (χ4n) is 12.7. The molecule has 1 saturated heterocycles. The third kappa shape index (κ3) is 5.50. The second-order valence-corrected chi connectivity index (χ2v) is 18.3. The Bertz CT molecular complexity index is 1340. The predicted molar refractivity (Wildman–Crippen MR) is 189 cm³/mol. The van der Waals surface area contributed by atoms with E-state index in [-0.39, 0.29) is 17.4 Å². The lowest BCUT2D eigenvalue weighted by atomic mass is 9.38. The number of hydrogen-bond acceptors (Lipinski definition) is 5. The van der Waals surface area contributed by atoms with Crippen LogP contribution in [0.15, 0.2) is 30.3 Å². The summed E-state index contributed by atoms with van der Waals surface area (Å²) in [6.45, 7) is 11.6. The average Bonchev–Trinajstić information content (AvgIpc) is 3.66. The first-order valence-corrected chi connectivity index (χ1v) is 19.6. The smallest absolute Gasteiger partial charge is 0.337 e. The zero-order valence-electron chi connectivity index (χ0n) is 29.0. The number of fused-ring (bicyclic) bond motifs is 7. The number of nitrogens with one attached hydrogen (secondary N) is 2. The Balaban J connectivity index is 1.04. The summed E-state index contributed by atoms with van der Waals surface area (Å²) >= 11 is 2.07. The van der Waals surface area contributed by atoms with Crippen LogP contribution in [-0.4, -0.2) is 48.6 Å². The van der Waals surface area contributed by atoms with E-state index in [2.05, 4.69) is 68.3 Å². The summed E-state index contributed by atoms with van der Waals surface area (Å²) in [7, 11) is 1.44. The van der Waals surface area contributed by atoms with Crippen molar-refractivity contribution in [3.05, 3.63) is 41.5 Å². The summed E-state index contributed by atoms with van der Waals surface area (Å²) in [6.07, 6.45) is 16.5. The van der Waals surface area contributed by atoms with Crippen molar-refractivity contribution in [1.82, 2.24) is 10.6 Å². The number of thioether (sulfide) groups is 1. The Labute approximate surface area is 282 Å². The van der Waals surface area contributed by atoms with Crippen LogP contribution in [0.5, 0.6) is 0 Å². The summed E-state index contributed by atoms with van der Waals surface area (Å²) in [5.41, 5.74) is 4.08. The van der Waals surface area contributed by atoms with Gasteiger partial charge in [0.05, 0.1) is 19.2 Å². The van der Waals surface area contributed by atoms with Crippen LogP contribution in [0.2, 0.25) is 0 Å². The molecule has 6 aliphatic rings. The number of benzene rings is 1. The van der Waals surface area contributed by atoms with Crippen molar-refractivity contribution in [3.8, 4) is 0 Å². The minimum absolute atomic E-state index is 0.0290. The van der Waals surface area contributed by atoms with E-state index in [0.717, 1.165) is 36.6 Å². The number of carbonyl (C=O) groups excluding carboxylic acids is 2. The molecule has 7 unspecified atom stereocenters. The molecule has 2 N–H and O–H groups in total. The molecule has 0 bridgehead atoms. The molecule has 1 aromatic rings. The first-order valence-electron chi connectivity index (χ1n) is 18.6. The van der Waals surface area contributed by atoms with Crippen LogP contribution in [0.4, 0.5) is 0 Å². The Morgan fingerprint density at radius 2 is 1.72 bits per heavy atom. The van der Waals surface area contributed by atoms with Gasteiger partial charge in [0.1, 0.15) is 0 Å². The molecule has 46 heavy (non-hydrogen) atoms. The molecule has 6 heteroatoms. The van der Waals surface area contributed by atoms with Crippen molar-refractivity contribution in [2.45, 2.75) is 109 Å². The van der Waals surface area contributed by atoms with Crippen LogP contribution < -0.4 is 10.6 Å². The van der Waals surface area contributed by atoms with E-state index in [9.17, 15) is 9.59 Å². The summed E-state index contributed by atoms with van der Waals surface area (Å²) < 4.78 is 4.93. The number of allylic oxidation sites excluding steroid dienone is 2. The molecular formula is C40H58N2O3S. The second kappa shape index (κ2) is 12.6. The molecule has 5 nitrogen and oxygen atoms in total. The van der Waals surface area contributed by atoms with E-state index in [4.69, 9.17) is 4.74 Å². The highest BCUT2D eigenvalue weighted by Gasteiger charge is 2.64. The first kappa shape index (κ1) is 32.7. The molecule has 7 rings (SSSR count). The molecule has 1 aliphatic heterocycles. The van der Waals surface area contributed by atoms with Crippen LogP contribution in [-0.2, 0) is 9.53 Å². The van der Waals surface area contributed by atoms with E-state index in [1.165, 1.54) is 88.2 Å². The van der Waals surface area contributed by atoms with Crippen LogP contribution in [0, 0.1) is 52.3 Å². The molecule has 0 radical (unpaired) electrons. The van der Waals surface area contributed by atoms with Gasteiger partial charge in [0.15, 0.2) is 0 Å². The largest absolute Gasteiger partial charge is 0.465 e. The number of ether oxygens (including phenoxy) is 1. The maximum atomic E-state index is 13.4. The van der Waals surface area contributed by atoms with Gasteiger partial charge in [-0.3, -0.25) is 4.79 Å². The Hall–Kier alpha value is -1.79. The first-order chi connectivity index (χ1) is 22.1. The highest BCUT2D eigenvalue weighted by molar-refractivity contribution is 8.00. The molecule has 4 saturated carbocycles. The van der Waals surface area contributed by atoms with Gasteiger partial charge >= 0.3 is 5.97 Å². The van der Waals surface area contributed by atoms with Crippen LogP contribution in [0.3, 0.4) is 0 Å². The van der Waals surface area contributed by atoms with Gasteiger partial charge in [-0.15, -0.1) is 0 Å². The molecule has 1 heterocycles. The minimum atomic E-state index is -0.271. The van der Waals surface area contributed by atoms with Gasteiger partial charge in [0.2, 0.25) is 5.91 Å². The lowest BCUT2D eigenvalue weighted by molar-refractivity contribution is -0.165. The summed E-state index contributed by atoms with van der Waals surface area (Å²) in [5, 5.41) is 7.87. The van der Waals surface area contributed by atoms with Crippen molar-refractivity contribution in [2.24, 2.45) is 52.3 Å². The van der Waals surface area contributed by atoms with Crippen LogP contribution in [0.1, 0.15) is 114 Å². The van der Waals surface area contributed by atoms with Crippen molar-refractivity contribution < 1.29 is 14.3 Å². The maximum absolute atomic E-state index is 13.4. The van der Waals surface area contributed by atoms with Crippen molar-refractivity contribution in [1.29, 1.82) is 0 Å². The Kier molecular flexibility index (Phi) is 8.96. The topological polar surface area (TPSA) is 67.4 Å². The second-order valence-electron chi connectivity index (χ2n) is 16.9. The molecule has 0 spiro atoms. The molecule has 252 valence electrons. The normalized spacial score (nSPS) is 43.0. The molecule has 1 amide bonds. The predicted octanol–water partition coefficient (Wildman–Crippen LogP) is 8.14. The lowest BCUT2D eigenvalue weighted by Crippen LogP contribution is -2.63. The molecule has 5 aliphatic carbocycles. The summed E-state index contributed by atoms with van der Waals surface area (Å²) in [4.78, 5) is 25.4. The van der Waals surface area contributed by atoms with E-state index in [1.807, 2.05) is 12.1 Å². The van der Waals surface area contributed by atoms with Gasteiger partial charge in [0.25, 0.3) is 0 Å². The molecule has 1 aromatic carbocycles. The van der Waals surface area contributed by atoms with E-state index in [0.29, 0.717) is 45.9 Å². The zero-order valence-corrected chi connectivity index (χ0v) is 29.9. The maximum Gasteiger partial charge on any atom is 0.337 e. The zero-order chi connectivity index (χ0) is 32.3. The van der Waals surface area contributed by atoms with Gasteiger partial charge < -0.3 is 15.4 Å². The van der Waals surface area contributed by atoms with E-state index in [1.54, 1.807) is 0 Å². The monoisotopic (exact) mass is 646 g/mol. The number of rotatable bonds is 7. The highest BCUT2D eigenvalue weighted by Crippen LogP contribution is 2.70. The third-order valence-corrected chi connectivity index (χ3v) is 16.3. The third-order valence-electron chi connectivity index (χ3n) is 14.7. The average molecular weight is 647 g/mol. The minimum Gasteiger partial charge on any atom is -0.465 e. The standard InChI is InChI=1S/C40H58N2O3S/c1-25-21-29(46-24-25)22-41-23-36(43)42-40-17-6-7-34(40)31-12-13-35-38(3)18-14-30(27-8-10-28(11-9-27)37(44)45-5)26(2)32(38)15-19-39(35,4)33(31)16-20-40/h8-11,14,25-26,29,31-35,41H,6-7,12-13,15-24H2,1-5H3,(H,42,43)/t25?,26?,29?,31-,32?,33?,34?,35?,38-,39-,40-/m0/s1. The summed E-state index contributed by atoms with van der Waals surface area (Å²) in [5.74, 6) is 6.16. The SMILES string of the molecule is COC(=O)c1ccc(C2=CC[C@@]3(C)C(CC[C@@]4(C)C5CC[C@@]6(NC(=O)CNCC7CC(C)CS7)CCCC6[C@H]5CCC34)C2C)cc1. The van der Waals surface area contributed by atoms with E-state index < -0.39 is 0 Å². The summed E-state index contributed by atoms with van der Waals surface area (Å²) in [6, 6.07) is 8.08. The Morgan fingerprint density at radius 1 is 0.935 bits per heavy atom. The molecular weight excluding hydrogens is 589 g/mol. The van der Waals surface area contributed by atoms with Gasteiger partial charge in [-0.2, -0.15) is 11.8 Å². The van der Waals surface area contributed by atoms with Crippen molar-refractivity contribution in [3.63, 3.8) is 0 Å². The van der Waals surface area contributed by atoms with Crippen molar-refractivity contribution in [2.75, 3.05) is 26.0 Å². The van der Waals surface area contributed by atoms with E-state index >= 15 is 0 Å². The fourth-order valence-corrected chi connectivity index (χ4v) is 14.1. The van der Waals surface area contributed by atoms with Crippen LogP contribution >= 0.6 is 11.8 Å². The van der Waals surface area contributed by atoms with Gasteiger partial charge in [-0.05, 0) is 145 Å². The van der Waals surface area contributed by atoms with Gasteiger partial charge in [0, 0.05) is 17.3 Å². The molecule has 11 atom stereocenters. The number of carbonyl (C=O) groups is 2. The van der Waals surface area contributed by atoms with Gasteiger partial charge in [-0.25, -0.2) is 4.79 Å². The molecule has 5 fully saturated rings. The number of hydrogen-bond donors (Lipinski definition) is 2. The van der Waals surface area contributed by atoms with Crippen LogP contribution in [0.25, 0.3) is 5.57 Å². The van der Waals surface area contributed by atoms with Gasteiger partial charge in [-0.1, -0.05) is 52.3 Å². The number of methoxy groups -OCH3 is 1. The Morgan fingerprint density at radius 3 is 2.46 bits per heavy atom. The number of amides is 1. The molecule has 0 aromatic heterocycles. The lowest BCUT2D eigenvalue weighted by Gasteiger charge is -2.67. The highest BCUT2D eigenvalue weighted by atomic mass is 32.2. The number of esters is 1. The van der Waals surface area contributed by atoms with Crippen molar-refractivity contribution >= 4 is 29.2 Å².